The number of methoxy groups -OCH3 is 1. The fourth-order valence-electron chi connectivity index (χ4n) is 2.84. The molecule has 1 aliphatic heterocycles. The fraction of sp³-hybridized carbons (Fsp3) is 0.429. The average molecular weight is 390 g/mol. The highest BCUT2D eigenvalue weighted by Gasteiger charge is 2.18. The molecule has 0 fully saturated rings. The minimum absolute atomic E-state index is 0.387. The van der Waals surface area contributed by atoms with Crippen LogP contribution in [-0.2, 0) is 0 Å². The zero-order valence-electron chi connectivity index (χ0n) is 15.4. The van der Waals surface area contributed by atoms with Crippen LogP contribution in [0.1, 0.15) is 13.3 Å². The fourth-order valence-corrected chi connectivity index (χ4v) is 5.11. The molecule has 0 bridgehead atoms. The van der Waals surface area contributed by atoms with Crippen LogP contribution in [0.2, 0.25) is 0 Å². The smallest absolute Gasteiger partial charge is 0.132 e. The van der Waals surface area contributed by atoms with E-state index in [2.05, 4.69) is 42.6 Å². The quantitative estimate of drug-likeness (QED) is 0.645. The van der Waals surface area contributed by atoms with Crippen molar-refractivity contribution in [3.05, 3.63) is 48.5 Å². The molecule has 0 amide bonds. The summed E-state index contributed by atoms with van der Waals surface area (Å²) >= 11 is 3.77. The average Bonchev–Trinajstić information content (AvgIpc) is 2.91. The van der Waals surface area contributed by atoms with Gasteiger partial charge < -0.3 is 14.8 Å². The van der Waals surface area contributed by atoms with Gasteiger partial charge in [-0.1, -0.05) is 37.6 Å². The molecular formula is C21H27NO2S2. The third-order valence-electron chi connectivity index (χ3n) is 4.55. The number of rotatable bonds is 8. The molecule has 0 spiro atoms. The van der Waals surface area contributed by atoms with Gasteiger partial charge in [0.25, 0.3) is 0 Å². The Kier molecular flexibility index (Phi) is 7.59. The first-order valence-electron chi connectivity index (χ1n) is 9.14. The van der Waals surface area contributed by atoms with Crippen LogP contribution in [0.25, 0.3) is 0 Å². The summed E-state index contributed by atoms with van der Waals surface area (Å²) in [6.07, 6.45) is 1.16. The number of ether oxygens (including phenoxy) is 2. The number of hydrogen-bond donors (Lipinski definition) is 1. The van der Waals surface area contributed by atoms with Crippen LogP contribution in [0.5, 0.6) is 11.5 Å². The molecule has 3 rings (SSSR count). The van der Waals surface area contributed by atoms with E-state index < -0.39 is 0 Å². The Hall–Kier alpha value is -1.30. The summed E-state index contributed by atoms with van der Waals surface area (Å²) in [5, 5.41) is 3.72. The number of hydrogen-bond acceptors (Lipinski definition) is 5. The number of para-hydroxylation sites is 2. The second-order valence-electron chi connectivity index (χ2n) is 6.41. The molecule has 5 heteroatoms. The first-order valence-corrected chi connectivity index (χ1v) is 11.1. The Labute approximate surface area is 165 Å². The third kappa shape index (κ3) is 5.35. The van der Waals surface area contributed by atoms with E-state index in [0.717, 1.165) is 42.6 Å². The van der Waals surface area contributed by atoms with E-state index in [0.29, 0.717) is 12.0 Å². The van der Waals surface area contributed by atoms with Crippen LogP contribution in [0.4, 0.5) is 0 Å². The lowest BCUT2D eigenvalue weighted by Gasteiger charge is -2.21. The van der Waals surface area contributed by atoms with Gasteiger partial charge in [-0.15, -0.1) is 23.5 Å². The first-order chi connectivity index (χ1) is 12.8. The first kappa shape index (κ1) is 19.5. The molecule has 2 aromatic carbocycles. The van der Waals surface area contributed by atoms with Gasteiger partial charge >= 0.3 is 0 Å². The van der Waals surface area contributed by atoms with Crippen LogP contribution in [-0.4, -0.2) is 37.8 Å². The third-order valence-corrected chi connectivity index (χ3v) is 7.05. The number of fused-ring (bicyclic) bond motifs is 1. The summed E-state index contributed by atoms with van der Waals surface area (Å²) in [7, 11) is 1.74. The van der Waals surface area contributed by atoms with E-state index in [1.807, 2.05) is 41.7 Å². The molecule has 140 valence electrons. The number of benzene rings is 2. The molecule has 2 atom stereocenters. The van der Waals surface area contributed by atoms with Gasteiger partial charge in [0.2, 0.25) is 0 Å². The standard InChI is InChI=1S/C21H27NO2S2/c1-3-16(14-25-20-10-6-4-8-18(20)23-2)12-22-17-13-24-19-9-5-7-11-21(19)26-15-17/h4-11,16-17,22H,3,12-15H2,1-2H3/t16-,17+/m0/s1. The van der Waals surface area contributed by atoms with E-state index in [-0.39, 0.29) is 0 Å². The van der Waals surface area contributed by atoms with Crippen LogP contribution < -0.4 is 14.8 Å². The zero-order chi connectivity index (χ0) is 18.2. The van der Waals surface area contributed by atoms with E-state index in [1.54, 1.807) is 7.11 Å². The van der Waals surface area contributed by atoms with Gasteiger partial charge in [-0.05, 0) is 36.7 Å². The molecule has 1 aliphatic rings. The van der Waals surface area contributed by atoms with Gasteiger partial charge in [-0.25, -0.2) is 0 Å². The topological polar surface area (TPSA) is 30.5 Å². The zero-order valence-corrected chi connectivity index (χ0v) is 17.1. The van der Waals surface area contributed by atoms with Gasteiger partial charge in [0.05, 0.1) is 13.2 Å². The maximum absolute atomic E-state index is 5.98. The predicted molar refractivity (Wildman–Crippen MR) is 112 cm³/mol. The van der Waals surface area contributed by atoms with Gasteiger partial charge in [-0.2, -0.15) is 0 Å². The highest BCUT2D eigenvalue weighted by molar-refractivity contribution is 7.99. The molecular weight excluding hydrogens is 362 g/mol. The van der Waals surface area contributed by atoms with Crippen molar-refractivity contribution in [1.29, 1.82) is 0 Å². The highest BCUT2D eigenvalue weighted by atomic mass is 32.2. The van der Waals surface area contributed by atoms with Gasteiger partial charge in [0.1, 0.15) is 18.1 Å². The second kappa shape index (κ2) is 10.1. The summed E-state index contributed by atoms with van der Waals surface area (Å²) in [6.45, 7) is 4.02. The van der Waals surface area contributed by atoms with Crippen molar-refractivity contribution >= 4 is 23.5 Å². The summed E-state index contributed by atoms with van der Waals surface area (Å²) < 4.78 is 11.4. The summed E-state index contributed by atoms with van der Waals surface area (Å²) in [4.78, 5) is 2.47. The summed E-state index contributed by atoms with van der Waals surface area (Å²) in [5.41, 5.74) is 0. The Morgan fingerprint density at radius 1 is 1.23 bits per heavy atom. The molecule has 0 saturated carbocycles. The number of thioether (sulfide) groups is 2. The summed E-state index contributed by atoms with van der Waals surface area (Å²) in [5.74, 6) is 4.74. The van der Waals surface area contributed by atoms with Crippen molar-refractivity contribution in [2.75, 3.05) is 31.8 Å². The Bertz CT molecular complexity index is 668. The monoisotopic (exact) mass is 389 g/mol. The van der Waals surface area contributed by atoms with E-state index in [1.165, 1.54) is 9.79 Å². The van der Waals surface area contributed by atoms with E-state index >= 15 is 0 Å². The molecule has 2 aromatic rings. The SMILES string of the molecule is CC[C@@H](CN[C@@H]1COc2ccccc2SC1)CSc1ccccc1OC. The minimum Gasteiger partial charge on any atom is -0.496 e. The lowest BCUT2D eigenvalue weighted by Crippen LogP contribution is -2.39. The maximum atomic E-state index is 5.98. The number of nitrogens with one attached hydrogen (secondary N) is 1. The Morgan fingerprint density at radius 3 is 2.88 bits per heavy atom. The molecule has 1 heterocycles. The van der Waals surface area contributed by atoms with Crippen LogP contribution in [0.3, 0.4) is 0 Å². The van der Waals surface area contributed by atoms with Crippen LogP contribution in [0.15, 0.2) is 58.3 Å². The lowest BCUT2D eigenvalue weighted by molar-refractivity contribution is 0.268. The van der Waals surface area contributed by atoms with Crippen LogP contribution in [0, 0.1) is 5.92 Å². The normalized spacial score (nSPS) is 17.7. The molecule has 0 aliphatic carbocycles. The van der Waals surface area contributed by atoms with Gasteiger partial charge in [-0.3, -0.25) is 0 Å². The molecule has 3 nitrogen and oxygen atoms in total. The predicted octanol–water partition coefficient (Wildman–Crippen LogP) is 4.96. The molecule has 1 N–H and O–H groups in total. The van der Waals surface area contributed by atoms with Gasteiger partial charge in [0, 0.05) is 21.3 Å². The van der Waals surface area contributed by atoms with Crippen molar-refractivity contribution < 1.29 is 9.47 Å². The highest BCUT2D eigenvalue weighted by Crippen LogP contribution is 2.32. The maximum Gasteiger partial charge on any atom is 0.132 e. The summed E-state index contributed by atoms with van der Waals surface area (Å²) in [6, 6.07) is 16.9. The second-order valence-corrected chi connectivity index (χ2v) is 8.53. The Morgan fingerprint density at radius 2 is 2.04 bits per heavy atom. The Balaban J connectivity index is 1.47. The van der Waals surface area contributed by atoms with Crippen LogP contribution >= 0.6 is 23.5 Å². The van der Waals surface area contributed by atoms with Crippen molar-refractivity contribution in [2.24, 2.45) is 5.92 Å². The minimum atomic E-state index is 0.387. The van der Waals surface area contributed by atoms with Gasteiger partial charge in [0.15, 0.2) is 0 Å². The largest absolute Gasteiger partial charge is 0.496 e. The van der Waals surface area contributed by atoms with E-state index in [9.17, 15) is 0 Å². The van der Waals surface area contributed by atoms with E-state index in [4.69, 9.17) is 9.47 Å². The molecule has 0 unspecified atom stereocenters. The molecule has 0 saturated heterocycles. The van der Waals surface area contributed by atoms with Crippen molar-refractivity contribution in [3.8, 4) is 11.5 Å². The van der Waals surface area contributed by atoms with Crippen molar-refractivity contribution in [3.63, 3.8) is 0 Å². The van der Waals surface area contributed by atoms with Crippen molar-refractivity contribution in [2.45, 2.75) is 29.2 Å². The lowest BCUT2D eigenvalue weighted by atomic mass is 10.1. The molecule has 26 heavy (non-hydrogen) atoms. The van der Waals surface area contributed by atoms with Crippen molar-refractivity contribution in [1.82, 2.24) is 5.32 Å². The molecule has 0 radical (unpaired) electrons. The molecule has 0 aromatic heterocycles.